The Morgan fingerprint density at radius 1 is 0.582 bits per heavy atom. The van der Waals surface area contributed by atoms with Gasteiger partial charge in [-0.1, -0.05) is 46.3 Å². The molecule has 34 heteroatoms. The van der Waals surface area contributed by atoms with Gasteiger partial charge in [-0.3, -0.25) is 9.35 Å². The van der Waals surface area contributed by atoms with Crippen LogP contribution < -0.4 is 0 Å². The fourth-order valence-electron chi connectivity index (χ4n) is 17.8. The van der Waals surface area contributed by atoms with Crippen molar-refractivity contribution in [3.63, 3.8) is 0 Å². The standard InChI is InChI=1S/C64H106O33S/c1-11-28(22(2)3)32(66)19-64(10,81)35-13-12-29-36-30(15-17-63(29,35)9)62(8)16-14-27(97-98(82,83)84)18-31(62)51(43(36)73)92-58-50(80)53(40(70)26(7)88-58)94-60-54(95-57-48(78)45(75)38(68)24(5)87-57)42(72)34(21-85-60)91-61-55(46(76)41(71)33(20-65)90-61)96-59-49(79)52(39(69)25(6)89-59)93-56-47(77)44(74)37(67)23(4)86-56/h15,22-29,31,33-61,65,67-81H,11-14,16-21H2,1-10H3,(H,82,83,84). The van der Waals surface area contributed by atoms with Gasteiger partial charge in [-0.25, -0.2) is 4.18 Å². The Bertz CT molecular complexity index is 2820. The first kappa shape index (κ1) is 78.7. The Morgan fingerprint density at radius 2 is 1.07 bits per heavy atom. The van der Waals surface area contributed by atoms with Crippen molar-refractivity contribution >= 4 is 16.2 Å². The summed E-state index contributed by atoms with van der Waals surface area (Å²) in [6.07, 6.45) is -51.0. The van der Waals surface area contributed by atoms with Crippen LogP contribution in [0.15, 0.2) is 11.6 Å². The van der Waals surface area contributed by atoms with Crippen molar-refractivity contribution in [3.05, 3.63) is 11.6 Å². The fourth-order valence-corrected chi connectivity index (χ4v) is 18.3. The summed E-state index contributed by atoms with van der Waals surface area (Å²) >= 11 is 0. The van der Waals surface area contributed by atoms with E-state index in [0.717, 1.165) is 5.57 Å². The smallest absolute Gasteiger partial charge is 0.394 e. The van der Waals surface area contributed by atoms with Gasteiger partial charge in [0.05, 0.1) is 61.5 Å². The number of rotatable bonds is 21. The number of carbonyl (C=O) groups excluding carboxylic acids is 1. The van der Waals surface area contributed by atoms with Gasteiger partial charge in [0.25, 0.3) is 0 Å². The number of ether oxygens (including phenoxy) is 12. The number of ketones is 1. The molecule has 0 radical (unpaired) electrons. The van der Waals surface area contributed by atoms with Crippen LogP contribution in [-0.2, 0) is 76.2 Å². The molecule has 6 saturated heterocycles. The normalized spacial score (nSPS) is 51.9. The largest absolute Gasteiger partial charge is 0.397 e. The van der Waals surface area contributed by atoms with Crippen molar-refractivity contribution in [1.29, 1.82) is 0 Å². The van der Waals surface area contributed by atoms with Crippen molar-refractivity contribution < 1.29 is 160 Å². The maximum Gasteiger partial charge on any atom is 0.397 e. The SMILES string of the molecule is CCC(C(=O)CC(C)(O)C1CCC2C3C(=CCC21C)C1(C)CCC(OS(=O)(=O)O)CC1C(OC1OC(C)C(O)C(OC2OCC(OC4OC(CO)C(O)C(O)C4OC4OC(C)C(O)C(OC5OC(C)C(O)C(O)C5O)C4O)C(O)C2OC2OC(C)C(O)C(O)C2O)C1O)C3O)C(C)C. The highest BCUT2D eigenvalue weighted by molar-refractivity contribution is 7.80. The van der Waals surface area contributed by atoms with Gasteiger partial charge in [0.2, 0.25) is 0 Å². The molecule has 0 bridgehead atoms. The van der Waals surface area contributed by atoms with Crippen molar-refractivity contribution in [1.82, 2.24) is 0 Å². The Hall–Kier alpha value is -1.84. The van der Waals surface area contributed by atoms with Gasteiger partial charge in [-0.15, -0.1) is 0 Å². The lowest BCUT2D eigenvalue weighted by atomic mass is 9.46. The topological polar surface area (TPSA) is 515 Å². The Labute approximate surface area is 568 Å². The lowest BCUT2D eigenvalue weighted by molar-refractivity contribution is -0.402. The van der Waals surface area contributed by atoms with Crippen LogP contribution in [0, 0.1) is 46.3 Å². The lowest BCUT2D eigenvalue weighted by Gasteiger charge is -2.61. The molecule has 0 aromatic carbocycles. The third kappa shape index (κ3) is 15.2. The Kier molecular flexibility index (Phi) is 24.6. The minimum atomic E-state index is -4.99. The summed E-state index contributed by atoms with van der Waals surface area (Å²) in [5.41, 5.74) is -2.08. The number of hydrogen-bond acceptors (Lipinski definition) is 32. The average molecular weight is 1440 g/mol. The van der Waals surface area contributed by atoms with Gasteiger partial charge >= 0.3 is 10.4 Å². The number of fused-ring (bicyclic) bond motifs is 5. The molecular formula is C64H106O33S. The molecule has 10 rings (SSSR count). The molecule has 10 aliphatic rings. The third-order valence-electron chi connectivity index (χ3n) is 23.4. The van der Waals surface area contributed by atoms with Crippen molar-refractivity contribution in [2.45, 2.75) is 323 Å². The molecule has 98 heavy (non-hydrogen) atoms. The predicted molar refractivity (Wildman–Crippen MR) is 327 cm³/mol. The third-order valence-corrected chi connectivity index (χ3v) is 23.9. The molecule has 6 aliphatic heterocycles. The highest BCUT2D eigenvalue weighted by atomic mass is 32.3. The second-order valence-corrected chi connectivity index (χ2v) is 31.2. The van der Waals surface area contributed by atoms with E-state index in [-0.39, 0.29) is 49.2 Å². The number of carbonyl (C=O) groups is 1. The highest BCUT2D eigenvalue weighted by Crippen LogP contribution is 2.68. The molecule has 0 amide bonds. The number of aliphatic hydroxyl groups excluding tert-OH is 15. The number of allylic oxidation sites excluding steroid dienone is 1. The van der Waals surface area contributed by atoms with E-state index in [1.54, 1.807) is 6.92 Å². The van der Waals surface area contributed by atoms with Crippen LogP contribution >= 0.6 is 0 Å². The zero-order chi connectivity index (χ0) is 72.1. The van der Waals surface area contributed by atoms with E-state index in [9.17, 15) is 99.5 Å². The minimum absolute atomic E-state index is 0.0392. The van der Waals surface area contributed by atoms with E-state index in [4.69, 9.17) is 61.0 Å². The second-order valence-electron chi connectivity index (χ2n) is 30.1. The van der Waals surface area contributed by atoms with Crippen LogP contribution in [0.25, 0.3) is 0 Å². The van der Waals surface area contributed by atoms with Crippen molar-refractivity contribution in [3.8, 4) is 0 Å². The van der Waals surface area contributed by atoms with Crippen molar-refractivity contribution in [2.24, 2.45) is 46.3 Å². The summed E-state index contributed by atoms with van der Waals surface area (Å²) in [4.78, 5) is 13.8. The van der Waals surface area contributed by atoms with Gasteiger partial charge in [0.1, 0.15) is 122 Å². The zero-order valence-electron chi connectivity index (χ0n) is 56.6. The summed E-state index contributed by atoms with van der Waals surface area (Å²) in [7, 11) is -4.99. The molecule has 33 nitrogen and oxygen atoms in total. The van der Waals surface area contributed by atoms with E-state index in [1.807, 2.05) is 27.7 Å². The van der Waals surface area contributed by atoms with Gasteiger partial charge in [0.15, 0.2) is 37.7 Å². The van der Waals surface area contributed by atoms with Crippen molar-refractivity contribution in [2.75, 3.05) is 13.2 Å². The summed E-state index contributed by atoms with van der Waals surface area (Å²) in [5, 5.41) is 183. The summed E-state index contributed by atoms with van der Waals surface area (Å²) in [6, 6.07) is 0. The number of Topliss-reactive ketones (excluding diaryl/α,β-unsaturated/α-hetero) is 1. The number of hydrogen-bond donors (Lipinski definition) is 17. The monoisotopic (exact) mass is 1430 g/mol. The molecule has 566 valence electrons. The molecule has 9 fully saturated rings. The average Bonchev–Trinajstić information content (AvgIpc) is 1.30. The summed E-state index contributed by atoms with van der Waals surface area (Å²) < 4.78 is 113. The molecule has 6 heterocycles. The van der Waals surface area contributed by atoms with Gasteiger partial charge in [-0.2, -0.15) is 8.42 Å². The Morgan fingerprint density at radius 3 is 1.58 bits per heavy atom. The van der Waals surface area contributed by atoms with Gasteiger partial charge in [-0.05, 0) is 114 Å². The maximum atomic E-state index is 13.8. The molecule has 0 spiro atoms. The van der Waals surface area contributed by atoms with Crippen LogP contribution in [0.4, 0.5) is 0 Å². The first-order valence-electron chi connectivity index (χ1n) is 34.4. The molecular weight excluding hydrogens is 1330 g/mol. The minimum Gasteiger partial charge on any atom is -0.394 e. The molecule has 0 aromatic heterocycles. The van der Waals surface area contributed by atoms with E-state index < -0.39 is 254 Å². The summed E-state index contributed by atoms with van der Waals surface area (Å²) in [5.74, 6) is -2.41. The molecule has 40 atom stereocenters. The fraction of sp³-hybridized carbons (Fsp3) is 0.953. The molecule has 4 aliphatic carbocycles. The molecule has 17 N–H and O–H groups in total. The first-order chi connectivity index (χ1) is 45.8. The van der Waals surface area contributed by atoms with Gasteiger partial charge in [0, 0.05) is 18.3 Å². The number of aliphatic hydroxyl groups is 16. The molecule has 3 saturated carbocycles. The van der Waals surface area contributed by atoms with Crippen LogP contribution in [0.5, 0.6) is 0 Å². The molecule has 40 unspecified atom stereocenters. The van der Waals surface area contributed by atoms with Crippen LogP contribution in [0.1, 0.15) is 121 Å². The Balaban J connectivity index is 0.915. The zero-order valence-corrected chi connectivity index (χ0v) is 57.4. The second kappa shape index (κ2) is 30.6. The van der Waals surface area contributed by atoms with E-state index in [0.29, 0.717) is 25.7 Å². The van der Waals surface area contributed by atoms with Crippen LogP contribution in [-0.4, -0.2) is 316 Å². The van der Waals surface area contributed by atoms with Crippen LogP contribution in [0.2, 0.25) is 0 Å². The first-order valence-corrected chi connectivity index (χ1v) is 35.7. The van der Waals surface area contributed by atoms with Crippen LogP contribution in [0.3, 0.4) is 0 Å². The lowest BCUT2D eigenvalue weighted by Crippen LogP contribution is -2.67. The maximum absolute atomic E-state index is 13.8. The summed E-state index contributed by atoms with van der Waals surface area (Å²) in [6.45, 7) is 15.4. The highest BCUT2D eigenvalue weighted by Gasteiger charge is 2.66. The quantitative estimate of drug-likeness (QED) is 0.0383. The van der Waals surface area contributed by atoms with E-state index in [2.05, 4.69) is 13.0 Å². The predicted octanol–water partition coefficient (Wildman–Crippen LogP) is -4.22. The van der Waals surface area contributed by atoms with E-state index in [1.165, 1.54) is 27.7 Å². The molecule has 0 aromatic rings. The van der Waals surface area contributed by atoms with E-state index >= 15 is 0 Å². The van der Waals surface area contributed by atoms with Gasteiger partial charge < -0.3 is 139 Å².